The Morgan fingerprint density at radius 2 is 0.822 bits per heavy atom. The second-order valence-corrected chi connectivity index (χ2v) is 12.2. The van der Waals surface area contributed by atoms with E-state index in [1.54, 1.807) is 33.4 Å². The van der Waals surface area contributed by atoms with Gasteiger partial charge in [0.1, 0.15) is 0 Å². The second kappa shape index (κ2) is 22.0. The van der Waals surface area contributed by atoms with Gasteiger partial charge in [0, 0.05) is 18.1 Å². The second-order valence-electron chi connectivity index (χ2n) is 12.2. The SMILES string of the molecule is Cl.Cl.Cl.O.O.O.c1ccc2c(c1)CCNC2CCCCC(CCC1NCCc2ccccc21)CCC1NCCc2ccccc21. The minimum absolute atomic E-state index is 0. The van der Waals surface area contributed by atoms with Gasteiger partial charge in [-0.3, -0.25) is 0 Å². The number of hydrogen-bond acceptors (Lipinski definition) is 3. The number of halogens is 3. The van der Waals surface area contributed by atoms with E-state index in [9.17, 15) is 0 Å². The highest BCUT2D eigenvalue weighted by molar-refractivity contribution is 5.86. The molecule has 0 aliphatic carbocycles. The molecule has 0 aromatic heterocycles. The Morgan fingerprint density at radius 1 is 0.467 bits per heavy atom. The lowest BCUT2D eigenvalue weighted by Crippen LogP contribution is -2.31. The van der Waals surface area contributed by atoms with Gasteiger partial charge in [0.2, 0.25) is 0 Å². The Bertz CT molecular complexity index is 1170. The molecule has 0 saturated carbocycles. The van der Waals surface area contributed by atoms with Crippen LogP contribution in [0.5, 0.6) is 0 Å². The average molecular weight is 685 g/mol. The van der Waals surface area contributed by atoms with Crippen LogP contribution in [0.2, 0.25) is 0 Å². The molecule has 3 heterocycles. The van der Waals surface area contributed by atoms with Crippen molar-refractivity contribution in [3.8, 4) is 0 Å². The third-order valence-electron chi connectivity index (χ3n) is 9.73. The summed E-state index contributed by atoms with van der Waals surface area (Å²) in [4.78, 5) is 0. The van der Waals surface area contributed by atoms with Crippen LogP contribution < -0.4 is 16.0 Å². The van der Waals surface area contributed by atoms with Gasteiger partial charge in [-0.25, -0.2) is 0 Å². The molecular formula is C36H56Cl3N3O3. The first-order chi connectivity index (χ1) is 19.3. The van der Waals surface area contributed by atoms with Crippen molar-refractivity contribution >= 4 is 37.2 Å². The van der Waals surface area contributed by atoms with Crippen molar-refractivity contribution in [3.63, 3.8) is 0 Å². The number of unbranched alkanes of at least 4 members (excludes halogenated alkanes) is 1. The Balaban J connectivity index is 0.00000323. The van der Waals surface area contributed by atoms with E-state index in [0.29, 0.717) is 18.1 Å². The summed E-state index contributed by atoms with van der Waals surface area (Å²) in [6, 6.07) is 28.9. The summed E-state index contributed by atoms with van der Waals surface area (Å²) in [6.07, 6.45) is 14.0. The fourth-order valence-corrected chi connectivity index (χ4v) is 7.57. The minimum atomic E-state index is 0. The molecule has 0 saturated heterocycles. The average Bonchev–Trinajstić information content (AvgIpc) is 3.00. The van der Waals surface area contributed by atoms with Crippen molar-refractivity contribution in [1.29, 1.82) is 0 Å². The maximum absolute atomic E-state index is 3.85. The molecule has 9 heteroatoms. The van der Waals surface area contributed by atoms with Gasteiger partial charge in [0.25, 0.3) is 0 Å². The predicted octanol–water partition coefficient (Wildman–Crippen LogP) is 6.18. The molecule has 0 fully saturated rings. The van der Waals surface area contributed by atoms with E-state index in [1.807, 2.05) is 0 Å². The van der Waals surface area contributed by atoms with E-state index in [1.165, 1.54) is 70.6 Å². The largest absolute Gasteiger partial charge is 0.412 e. The standard InChI is InChI=1S/C36H47N3.3ClH.3H2O/c1(8-16-34-31-13-5-2-10-28(31)21-24-37-34)9-27(17-19-35-32-14-6-3-11-29(32)22-25-38-35)18-20-36-33-15-7-4-12-30(33)23-26-39-36;;;;;;/h2-7,10-15,27,34-39H,1,8-9,16-26H2;3*1H;3*1H2. The van der Waals surface area contributed by atoms with Gasteiger partial charge >= 0.3 is 0 Å². The summed E-state index contributed by atoms with van der Waals surface area (Å²) in [5.74, 6) is 0.795. The molecule has 3 atom stereocenters. The Morgan fingerprint density at radius 3 is 1.22 bits per heavy atom. The van der Waals surface area contributed by atoms with Gasteiger partial charge in [-0.2, -0.15) is 0 Å². The number of rotatable bonds is 11. The molecule has 6 rings (SSSR count). The van der Waals surface area contributed by atoms with Crippen molar-refractivity contribution in [3.05, 3.63) is 106 Å². The summed E-state index contributed by atoms with van der Waals surface area (Å²) in [5, 5.41) is 11.5. The highest BCUT2D eigenvalue weighted by Gasteiger charge is 2.24. The summed E-state index contributed by atoms with van der Waals surface area (Å²) >= 11 is 0. The van der Waals surface area contributed by atoms with Gasteiger partial charge in [0.15, 0.2) is 0 Å². The van der Waals surface area contributed by atoms with Crippen LogP contribution in [0.3, 0.4) is 0 Å². The zero-order valence-electron chi connectivity index (χ0n) is 26.4. The van der Waals surface area contributed by atoms with Crippen LogP contribution in [0.25, 0.3) is 0 Å². The molecule has 0 radical (unpaired) electrons. The van der Waals surface area contributed by atoms with Crippen LogP contribution in [0.1, 0.15) is 103 Å². The molecular weight excluding hydrogens is 629 g/mol. The van der Waals surface area contributed by atoms with Crippen LogP contribution >= 0.6 is 37.2 Å². The maximum atomic E-state index is 3.85. The Kier molecular flexibility index (Phi) is 21.1. The van der Waals surface area contributed by atoms with Crippen LogP contribution in [-0.4, -0.2) is 36.1 Å². The summed E-state index contributed by atoms with van der Waals surface area (Å²) in [5.41, 5.74) is 9.31. The van der Waals surface area contributed by atoms with Crippen LogP contribution in [0, 0.1) is 5.92 Å². The molecule has 0 bridgehead atoms. The topological polar surface area (TPSA) is 131 Å². The van der Waals surface area contributed by atoms with E-state index >= 15 is 0 Å². The van der Waals surface area contributed by atoms with Crippen molar-refractivity contribution in [2.75, 3.05) is 19.6 Å². The van der Waals surface area contributed by atoms with Gasteiger partial charge in [-0.1, -0.05) is 92.1 Å². The molecule has 254 valence electrons. The van der Waals surface area contributed by atoms with Gasteiger partial charge < -0.3 is 32.4 Å². The third kappa shape index (κ3) is 11.2. The van der Waals surface area contributed by atoms with Gasteiger partial charge in [-0.15, -0.1) is 37.2 Å². The summed E-state index contributed by atoms with van der Waals surface area (Å²) in [6.45, 7) is 3.35. The van der Waals surface area contributed by atoms with Crippen LogP contribution in [0.15, 0.2) is 72.8 Å². The minimum Gasteiger partial charge on any atom is -0.412 e. The zero-order valence-corrected chi connectivity index (χ0v) is 28.8. The third-order valence-corrected chi connectivity index (χ3v) is 9.73. The number of hydrogen-bond donors (Lipinski definition) is 3. The normalized spacial score (nSPS) is 19.9. The van der Waals surface area contributed by atoms with E-state index in [2.05, 4.69) is 88.7 Å². The predicted molar refractivity (Wildman–Crippen MR) is 196 cm³/mol. The maximum Gasteiger partial charge on any atom is 0.0323 e. The van der Waals surface area contributed by atoms with E-state index in [4.69, 9.17) is 0 Å². The fourth-order valence-electron chi connectivity index (χ4n) is 7.57. The Labute approximate surface area is 289 Å². The van der Waals surface area contributed by atoms with Crippen LogP contribution in [0.4, 0.5) is 0 Å². The first kappa shape index (κ1) is 43.3. The molecule has 3 aliphatic heterocycles. The molecule has 6 nitrogen and oxygen atoms in total. The number of fused-ring (bicyclic) bond motifs is 3. The van der Waals surface area contributed by atoms with Crippen molar-refractivity contribution in [2.45, 2.75) is 88.8 Å². The van der Waals surface area contributed by atoms with E-state index in [0.717, 1.165) is 25.6 Å². The summed E-state index contributed by atoms with van der Waals surface area (Å²) < 4.78 is 0. The lowest BCUT2D eigenvalue weighted by atomic mass is 9.83. The molecule has 45 heavy (non-hydrogen) atoms. The van der Waals surface area contributed by atoms with E-state index in [-0.39, 0.29) is 53.6 Å². The molecule has 9 N–H and O–H groups in total. The molecule has 3 unspecified atom stereocenters. The van der Waals surface area contributed by atoms with Crippen LogP contribution in [-0.2, 0) is 19.3 Å². The molecule has 3 aromatic rings. The monoisotopic (exact) mass is 683 g/mol. The lowest BCUT2D eigenvalue weighted by molar-refractivity contribution is 0.323. The first-order valence-electron chi connectivity index (χ1n) is 15.8. The Hall–Kier alpha value is -1.71. The van der Waals surface area contributed by atoms with Crippen molar-refractivity contribution in [2.24, 2.45) is 5.92 Å². The van der Waals surface area contributed by atoms with Gasteiger partial charge in [-0.05, 0) is 110 Å². The van der Waals surface area contributed by atoms with Gasteiger partial charge in [0.05, 0.1) is 0 Å². The smallest absolute Gasteiger partial charge is 0.0323 e. The summed E-state index contributed by atoms with van der Waals surface area (Å²) in [7, 11) is 0. The van der Waals surface area contributed by atoms with Crippen molar-refractivity contribution in [1.82, 2.24) is 16.0 Å². The highest BCUT2D eigenvalue weighted by Crippen LogP contribution is 2.34. The number of nitrogens with one attached hydrogen (secondary N) is 3. The molecule has 3 aromatic carbocycles. The molecule has 3 aliphatic rings. The number of benzene rings is 3. The fraction of sp³-hybridized carbons (Fsp3) is 0.500. The lowest BCUT2D eigenvalue weighted by Gasteiger charge is -2.30. The highest BCUT2D eigenvalue weighted by atomic mass is 35.5. The quantitative estimate of drug-likeness (QED) is 0.209. The first-order valence-corrected chi connectivity index (χ1v) is 15.8. The molecule has 0 spiro atoms. The molecule has 0 amide bonds. The zero-order chi connectivity index (χ0) is 26.3. The van der Waals surface area contributed by atoms with Crippen molar-refractivity contribution < 1.29 is 16.4 Å². The van der Waals surface area contributed by atoms with E-state index < -0.39 is 0 Å².